The summed E-state index contributed by atoms with van der Waals surface area (Å²) in [6, 6.07) is 10.8. The van der Waals surface area contributed by atoms with Crippen LogP contribution in [0.3, 0.4) is 0 Å². The lowest BCUT2D eigenvalue weighted by Gasteiger charge is -2.24. The molecule has 0 aliphatic carbocycles. The summed E-state index contributed by atoms with van der Waals surface area (Å²) in [4.78, 5) is 51.7. The summed E-state index contributed by atoms with van der Waals surface area (Å²) in [6.07, 6.45) is 2.82. The van der Waals surface area contributed by atoms with Crippen LogP contribution >= 0.6 is 0 Å². The van der Waals surface area contributed by atoms with Gasteiger partial charge in [-0.2, -0.15) is 0 Å². The van der Waals surface area contributed by atoms with Crippen molar-refractivity contribution >= 4 is 23.6 Å². The average Bonchev–Trinajstić information content (AvgIpc) is 3.56. The molecule has 1 amide bonds. The lowest BCUT2D eigenvalue weighted by molar-refractivity contribution is -0.385. The van der Waals surface area contributed by atoms with Crippen LogP contribution in [0.4, 0.5) is 21.0 Å². The molecule has 4 rings (SSSR count). The van der Waals surface area contributed by atoms with E-state index in [0.29, 0.717) is 36.3 Å². The summed E-state index contributed by atoms with van der Waals surface area (Å²) in [5, 5.41) is 21.5. The van der Waals surface area contributed by atoms with Gasteiger partial charge in [0.15, 0.2) is 0 Å². The van der Waals surface area contributed by atoms with Gasteiger partial charge >= 0.3 is 12.2 Å². The Bertz CT molecular complexity index is 1270. The van der Waals surface area contributed by atoms with Gasteiger partial charge in [0.2, 0.25) is 0 Å². The maximum atomic E-state index is 12.8. The summed E-state index contributed by atoms with van der Waals surface area (Å²) in [7, 11) is 0. The smallest absolute Gasteiger partial charge is 0.419 e. The predicted octanol–water partition coefficient (Wildman–Crippen LogP) is 4.36. The molecule has 186 valence electrons. The quantitative estimate of drug-likeness (QED) is 0.343. The van der Waals surface area contributed by atoms with Crippen LogP contribution in [0.25, 0.3) is 0 Å². The highest BCUT2D eigenvalue weighted by Gasteiger charge is 2.35. The minimum Gasteiger partial charge on any atom is -0.445 e. The van der Waals surface area contributed by atoms with Crippen molar-refractivity contribution in [2.75, 3.05) is 6.54 Å². The molecule has 1 unspecified atom stereocenters. The lowest BCUT2D eigenvalue weighted by atomic mass is 10.2. The highest BCUT2D eigenvalue weighted by Crippen LogP contribution is 2.32. The molecule has 0 N–H and O–H groups in total. The molecule has 1 aliphatic rings. The van der Waals surface area contributed by atoms with Crippen LogP contribution in [-0.4, -0.2) is 43.0 Å². The first-order valence-electron chi connectivity index (χ1n) is 10.9. The summed E-state index contributed by atoms with van der Waals surface area (Å²) in [5.74, 6) is 0.327. The summed E-state index contributed by atoms with van der Waals surface area (Å²) in [5.41, 5.74) is 1.05. The third-order valence-electron chi connectivity index (χ3n) is 5.67. The maximum Gasteiger partial charge on any atom is 0.419 e. The Hall–Kier alpha value is -4.81. The Morgan fingerprint density at radius 1 is 0.889 bits per heavy atom. The Morgan fingerprint density at radius 3 is 1.94 bits per heavy atom. The largest absolute Gasteiger partial charge is 0.445 e. The van der Waals surface area contributed by atoms with Crippen molar-refractivity contribution in [3.8, 4) is 0 Å². The van der Waals surface area contributed by atoms with Crippen LogP contribution in [0.1, 0.15) is 35.8 Å². The van der Waals surface area contributed by atoms with Crippen molar-refractivity contribution in [2.45, 2.75) is 32.1 Å². The van der Waals surface area contributed by atoms with E-state index in [1.54, 1.807) is 0 Å². The minimum atomic E-state index is -0.702. The van der Waals surface area contributed by atoms with Crippen molar-refractivity contribution in [1.29, 1.82) is 0 Å². The Labute approximate surface area is 204 Å². The van der Waals surface area contributed by atoms with Crippen LogP contribution < -0.4 is 0 Å². The standard InChI is InChI=1S/C23H21N5O8/c29-22(35-14-16-3-7-18(8-4-16)27(31)32)25-12-1-2-20(25)21-24-11-13-26(21)23(30)36-15-17-5-9-19(10-6-17)28(33)34/h3-11,13,20H,1-2,12,14-15H2. The zero-order valence-corrected chi connectivity index (χ0v) is 18.9. The number of rotatable bonds is 7. The second-order valence-electron chi connectivity index (χ2n) is 7.96. The number of non-ortho nitro benzene ring substituents is 2. The van der Waals surface area contributed by atoms with E-state index in [2.05, 4.69) is 4.98 Å². The van der Waals surface area contributed by atoms with Gasteiger partial charge in [-0.25, -0.2) is 19.1 Å². The molecule has 13 nitrogen and oxygen atoms in total. The van der Waals surface area contributed by atoms with E-state index in [0.717, 1.165) is 0 Å². The number of nitro groups is 2. The number of likely N-dealkylation sites (tertiary alicyclic amines) is 1. The van der Waals surface area contributed by atoms with Crippen LogP contribution in [0, 0.1) is 20.2 Å². The molecular formula is C23H21N5O8. The fourth-order valence-corrected chi connectivity index (χ4v) is 3.84. The zero-order chi connectivity index (χ0) is 25.7. The molecule has 1 aliphatic heterocycles. The van der Waals surface area contributed by atoms with E-state index in [-0.39, 0.29) is 24.6 Å². The van der Waals surface area contributed by atoms with E-state index in [4.69, 9.17) is 9.47 Å². The molecule has 0 radical (unpaired) electrons. The predicted molar refractivity (Wildman–Crippen MR) is 123 cm³/mol. The number of nitro benzene ring substituents is 2. The van der Waals surface area contributed by atoms with Crippen molar-refractivity contribution < 1.29 is 28.9 Å². The molecule has 0 bridgehead atoms. The molecule has 1 atom stereocenters. The van der Waals surface area contributed by atoms with Crippen LogP contribution in [0.15, 0.2) is 60.9 Å². The molecule has 13 heteroatoms. The number of carbonyl (C=O) groups excluding carboxylic acids is 2. The van der Waals surface area contributed by atoms with Gasteiger partial charge < -0.3 is 9.47 Å². The van der Waals surface area contributed by atoms with Gasteiger partial charge in [0, 0.05) is 43.2 Å². The molecule has 3 aromatic rings. The van der Waals surface area contributed by atoms with Crippen molar-refractivity contribution in [3.63, 3.8) is 0 Å². The first-order chi connectivity index (χ1) is 17.3. The normalized spacial score (nSPS) is 14.9. The van der Waals surface area contributed by atoms with E-state index in [1.165, 1.54) is 70.4 Å². The first kappa shape index (κ1) is 24.3. The fourth-order valence-electron chi connectivity index (χ4n) is 3.84. The van der Waals surface area contributed by atoms with Gasteiger partial charge in [-0.1, -0.05) is 0 Å². The van der Waals surface area contributed by atoms with Gasteiger partial charge in [0.05, 0.1) is 15.9 Å². The summed E-state index contributed by atoms with van der Waals surface area (Å²) < 4.78 is 11.9. The molecular weight excluding hydrogens is 474 g/mol. The monoisotopic (exact) mass is 495 g/mol. The highest BCUT2D eigenvalue weighted by atomic mass is 16.6. The first-order valence-corrected chi connectivity index (χ1v) is 10.9. The van der Waals surface area contributed by atoms with E-state index in [1.807, 2.05) is 0 Å². The summed E-state index contributed by atoms with van der Waals surface area (Å²) in [6.45, 7) is 0.250. The molecule has 1 saturated heterocycles. The third-order valence-corrected chi connectivity index (χ3v) is 5.67. The molecule has 2 heterocycles. The van der Waals surface area contributed by atoms with Gasteiger partial charge in [0.25, 0.3) is 11.4 Å². The number of carbonyl (C=O) groups is 2. The fraction of sp³-hybridized carbons (Fsp3) is 0.261. The molecule has 0 saturated carbocycles. The minimum absolute atomic E-state index is 0.0583. The molecule has 2 aromatic carbocycles. The molecule has 0 spiro atoms. The number of benzene rings is 2. The second kappa shape index (κ2) is 10.6. The topological polar surface area (TPSA) is 160 Å². The van der Waals surface area contributed by atoms with Gasteiger partial charge in [-0.3, -0.25) is 25.1 Å². The SMILES string of the molecule is O=C(OCc1ccc([N+](=O)[O-])cc1)N1CCCC1c1nccn1C(=O)OCc1ccc([N+](=O)[O-])cc1. The Morgan fingerprint density at radius 2 is 1.42 bits per heavy atom. The number of ether oxygens (including phenoxy) is 2. The van der Waals surface area contributed by atoms with Crippen LogP contribution in [-0.2, 0) is 22.7 Å². The van der Waals surface area contributed by atoms with E-state index in [9.17, 15) is 29.8 Å². The van der Waals surface area contributed by atoms with Crippen molar-refractivity contribution in [1.82, 2.24) is 14.5 Å². The average molecular weight is 495 g/mol. The Kier molecular flexibility index (Phi) is 7.18. The van der Waals surface area contributed by atoms with Gasteiger partial charge in [-0.05, 0) is 48.2 Å². The van der Waals surface area contributed by atoms with Crippen molar-refractivity contribution in [2.24, 2.45) is 0 Å². The van der Waals surface area contributed by atoms with Crippen LogP contribution in [0.2, 0.25) is 0 Å². The second-order valence-corrected chi connectivity index (χ2v) is 7.96. The maximum absolute atomic E-state index is 12.8. The van der Waals surface area contributed by atoms with Gasteiger partial charge in [0.1, 0.15) is 19.0 Å². The number of hydrogen-bond donors (Lipinski definition) is 0. The number of amides is 1. The molecule has 36 heavy (non-hydrogen) atoms. The van der Waals surface area contributed by atoms with E-state index < -0.39 is 28.1 Å². The number of imidazole rings is 1. The summed E-state index contributed by atoms with van der Waals surface area (Å²) >= 11 is 0. The van der Waals surface area contributed by atoms with E-state index >= 15 is 0 Å². The highest BCUT2D eigenvalue weighted by molar-refractivity contribution is 5.72. The molecule has 1 fully saturated rings. The van der Waals surface area contributed by atoms with Crippen molar-refractivity contribution in [3.05, 3.63) is 98.1 Å². The molecule has 1 aromatic heterocycles. The van der Waals surface area contributed by atoms with Gasteiger partial charge in [-0.15, -0.1) is 0 Å². The number of hydrogen-bond acceptors (Lipinski definition) is 9. The third kappa shape index (κ3) is 5.46. The Balaban J connectivity index is 1.37. The lowest BCUT2D eigenvalue weighted by Crippen LogP contribution is -2.33. The number of aromatic nitrogens is 2. The number of nitrogens with zero attached hydrogens (tertiary/aromatic N) is 5. The zero-order valence-electron chi connectivity index (χ0n) is 18.9. The van der Waals surface area contributed by atoms with Crippen LogP contribution in [0.5, 0.6) is 0 Å².